The van der Waals surface area contributed by atoms with Crippen molar-refractivity contribution in [2.24, 2.45) is 68.0 Å². The van der Waals surface area contributed by atoms with Crippen molar-refractivity contribution in [2.75, 3.05) is 19.6 Å². The van der Waals surface area contributed by atoms with E-state index in [0.717, 1.165) is 70.0 Å². The van der Waals surface area contributed by atoms with Gasteiger partial charge in [-0.15, -0.1) is 0 Å². The first-order valence-corrected chi connectivity index (χ1v) is 21.1. The fourth-order valence-electron chi connectivity index (χ4n) is 14.8. The van der Waals surface area contributed by atoms with Gasteiger partial charge >= 0.3 is 11.9 Å². The minimum absolute atomic E-state index is 0.0261. The average Bonchev–Trinajstić information content (AvgIpc) is 3.68. The van der Waals surface area contributed by atoms with Crippen LogP contribution >= 0.6 is 0 Å². The molecular formula is C44H70N2O6. The first-order chi connectivity index (χ1) is 24.3. The number of hydrogen-bond donors (Lipinski definition) is 4. The minimum atomic E-state index is -0.822. The average molecular weight is 723 g/mol. The molecule has 7 aliphatic rings. The normalized spacial score (nSPS) is 45.4. The molecular weight excluding hydrogens is 652 g/mol. The van der Waals surface area contributed by atoms with E-state index in [2.05, 4.69) is 59.1 Å². The molecule has 0 spiro atoms. The van der Waals surface area contributed by atoms with Gasteiger partial charge in [0.25, 0.3) is 0 Å². The van der Waals surface area contributed by atoms with E-state index in [9.17, 15) is 24.6 Å². The third-order valence-electron chi connectivity index (χ3n) is 18.1. The quantitative estimate of drug-likeness (QED) is 0.183. The molecule has 6 fully saturated rings. The Bertz CT molecular complexity index is 1490. The lowest BCUT2D eigenvalue weighted by Crippen LogP contribution is -2.66. The van der Waals surface area contributed by atoms with Crippen LogP contribution in [0.25, 0.3) is 0 Å². The molecule has 0 radical (unpaired) electrons. The van der Waals surface area contributed by atoms with Crippen molar-refractivity contribution >= 4 is 17.7 Å². The predicted octanol–water partition coefficient (Wildman–Crippen LogP) is 7.33. The van der Waals surface area contributed by atoms with Crippen molar-refractivity contribution in [1.82, 2.24) is 10.6 Å². The summed E-state index contributed by atoms with van der Waals surface area (Å²) in [7, 11) is 0. The zero-order valence-corrected chi connectivity index (χ0v) is 33.8. The Kier molecular flexibility index (Phi) is 9.55. The number of carbonyl (C=O) groups is 3. The van der Waals surface area contributed by atoms with Crippen molar-refractivity contribution < 1.29 is 29.3 Å². The summed E-state index contributed by atoms with van der Waals surface area (Å²) in [6, 6.07) is 0.464. The van der Waals surface area contributed by atoms with Gasteiger partial charge in [-0.2, -0.15) is 0 Å². The van der Waals surface area contributed by atoms with E-state index in [1.807, 2.05) is 13.8 Å². The number of carboxylic acid groups (broad SMARTS) is 1. The van der Waals surface area contributed by atoms with Crippen LogP contribution in [0.15, 0.2) is 11.1 Å². The smallest absolute Gasteiger partial charge is 0.309 e. The van der Waals surface area contributed by atoms with Crippen molar-refractivity contribution in [3.8, 4) is 0 Å². The fourth-order valence-corrected chi connectivity index (χ4v) is 14.8. The highest BCUT2D eigenvalue weighted by atomic mass is 16.5. The van der Waals surface area contributed by atoms with Crippen LogP contribution in [0.4, 0.5) is 0 Å². The molecule has 52 heavy (non-hydrogen) atoms. The maximum absolute atomic E-state index is 14.0. The van der Waals surface area contributed by atoms with E-state index in [-0.39, 0.29) is 51.4 Å². The third kappa shape index (κ3) is 5.39. The number of hydrogen-bond acceptors (Lipinski definition) is 7. The number of nitrogens with one attached hydrogen (secondary N) is 2. The number of fused-ring (bicyclic) bond motifs is 7. The van der Waals surface area contributed by atoms with Crippen LogP contribution in [0.2, 0.25) is 0 Å². The Balaban J connectivity index is 1.13. The Morgan fingerprint density at radius 3 is 2.25 bits per heavy atom. The SMILES string of the molecule is CC(C)C1=C2[C@H]3CC[C@@H]4[C@@]5(C)CC[C@H](OC(=O)[C@H]6C[C@@H](C(=O)O)C6(C)C)C(C)(C)[C@@H]5CC[C@@]4(C)[C@]3(C)CC[C@@]2([C@@H](O)CNC[C@@H]2CCCN2)CC1=O. The number of ketones is 1. The summed E-state index contributed by atoms with van der Waals surface area (Å²) in [4.78, 5) is 39.4. The second-order valence-corrected chi connectivity index (χ2v) is 21.1. The van der Waals surface area contributed by atoms with E-state index in [1.165, 1.54) is 18.4 Å². The lowest BCUT2D eigenvalue weighted by Gasteiger charge is -2.72. The number of aliphatic hydroxyl groups is 1. The molecule has 1 aliphatic heterocycles. The van der Waals surface area contributed by atoms with Gasteiger partial charge in [-0.05, 0) is 128 Å². The first kappa shape index (κ1) is 38.5. The molecule has 4 N–H and O–H groups in total. The van der Waals surface area contributed by atoms with Crippen LogP contribution in [0.1, 0.15) is 139 Å². The van der Waals surface area contributed by atoms with Gasteiger partial charge in [-0.25, -0.2) is 0 Å². The van der Waals surface area contributed by atoms with Crippen LogP contribution in [-0.2, 0) is 19.1 Å². The third-order valence-corrected chi connectivity index (χ3v) is 18.1. The van der Waals surface area contributed by atoms with Crippen LogP contribution in [0.3, 0.4) is 0 Å². The molecule has 12 atom stereocenters. The van der Waals surface area contributed by atoms with Crippen LogP contribution < -0.4 is 10.6 Å². The summed E-state index contributed by atoms with van der Waals surface area (Å²) in [6.07, 6.45) is 10.6. The van der Waals surface area contributed by atoms with Gasteiger partial charge in [0.2, 0.25) is 0 Å². The van der Waals surface area contributed by atoms with Gasteiger partial charge in [0.1, 0.15) is 6.10 Å². The molecule has 1 saturated heterocycles. The number of rotatable bonds is 9. The van der Waals surface area contributed by atoms with Crippen molar-refractivity contribution in [2.45, 2.75) is 158 Å². The second-order valence-electron chi connectivity index (χ2n) is 21.1. The maximum atomic E-state index is 14.0. The molecule has 7 rings (SSSR count). The summed E-state index contributed by atoms with van der Waals surface area (Å²) in [5.41, 5.74) is 1.33. The fraction of sp³-hybridized carbons (Fsp3) is 0.886. The van der Waals surface area contributed by atoms with Gasteiger partial charge in [-0.1, -0.05) is 67.9 Å². The largest absolute Gasteiger partial charge is 0.481 e. The van der Waals surface area contributed by atoms with Crippen LogP contribution in [0.5, 0.6) is 0 Å². The highest BCUT2D eigenvalue weighted by molar-refractivity contribution is 6.00. The predicted molar refractivity (Wildman–Crippen MR) is 202 cm³/mol. The van der Waals surface area contributed by atoms with Gasteiger partial charge < -0.3 is 25.6 Å². The Morgan fingerprint density at radius 1 is 0.885 bits per heavy atom. The van der Waals surface area contributed by atoms with Crippen LogP contribution in [-0.4, -0.2) is 65.8 Å². The molecule has 6 aliphatic carbocycles. The lowest BCUT2D eigenvalue weighted by molar-refractivity contribution is -0.238. The Hall–Kier alpha value is -1.77. The number of aliphatic carboxylic acids is 1. The first-order valence-electron chi connectivity index (χ1n) is 21.1. The monoisotopic (exact) mass is 723 g/mol. The topological polar surface area (TPSA) is 125 Å². The van der Waals surface area contributed by atoms with E-state index in [0.29, 0.717) is 43.2 Å². The molecule has 0 aromatic heterocycles. The standard InChI is InChI=1S/C44H70N2O6/c1-25(2)35-30(47)22-44(33(48)24-45-23-26-11-10-20-46-26)19-18-42(8)27(36(35)44)12-13-32-41(7)16-15-34(40(5,6)31(41)14-17-43(32,42)9)52-38(51)29-21-28(37(49)50)39(29,3)4/h25-29,31-34,45-46,48H,10-24H2,1-9H3,(H,49,50)/t26-,27+,28-,29+,31-,32+,33-,34-,41-,42+,43+,44-/m0/s1. The van der Waals surface area contributed by atoms with Gasteiger partial charge in [-0.3, -0.25) is 14.4 Å². The molecule has 1 heterocycles. The molecule has 292 valence electrons. The zero-order valence-electron chi connectivity index (χ0n) is 33.8. The number of carbonyl (C=O) groups excluding carboxylic acids is 2. The highest BCUT2D eigenvalue weighted by Crippen LogP contribution is 2.77. The number of ether oxygens (including phenoxy) is 1. The molecule has 8 heteroatoms. The lowest BCUT2D eigenvalue weighted by atomic mass is 9.33. The number of allylic oxidation sites excluding steroid dienone is 1. The number of esters is 1. The molecule has 0 unspecified atom stereocenters. The second kappa shape index (κ2) is 12.9. The highest BCUT2D eigenvalue weighted by Gasteiger charge is 2.71. The van der Waals surface area contributed by atoms with E-state index < -0.39 is 28.8 Å². The Morgan fingerprint density at radius 2 is 1.62 bits per heavy atom. The van der Waals surface area contributed by atoms with E-state index >= 15 is 0 Å². The number of Topliss-reactive ketones (excluding diaryl/α,β-unsaturated/α-hetero) is 1. The molecule has 0 aromatic carbocycles. The minimum Gasteiger partial charge on any atom is -0.481 e. The Labute approximate surface area is 313 Å². The molecule has 0 aromatic rings. The van der Waals surface area contributed by atoms with Gasteiger partial charge in [0.05, 0.1) is 17.9 Å². The summed E-state index contributed by atoms with van der Waals surface area (Å²) < 4.78 is 6.41. The molecule has 0 amide bonds. The summed E-state index contributed by atoms with van der Waals surface area (Å²) in [6.45, 7) is 23.0. The van der Waals surface area contributed by atoms with Gasteiger partial charge in [0.15, 0.2) is 5.78 Å². The van der Waals surface area contributed by atoms with Crippen molar-refractivity contribution in [1.29, 1.82) is 0 Å². The summed E-state index contributed by atoms with van der Waals surface area (Å²) >= 11 is 0. The van der Waals surface area contributed by atoms with Crippen molar-refractivity contribution in [3.05, 3.63) is 11.1 Å². The molecule has 8 nitrogen and oxygen atoms in total. The number of aliphatic hydroxyl groups excluding tert-OH is 1. The number of carboxylic acids is 1. The van der Waals surface area contributed by atoms with E-state index in [1.54, 1.807) is 0 Å². The summed E-state index contributed by atoms with van der Waals surface area (Å²) in [5.74, 6) is -0.256. The summed E-state index contributed by atoms with van der Waals surface area (Å²) in [5, 5.41) is 28.9. The van der Waals surface area contributed by atoms with Crippen LogP contribution in [0, 0.1) is 68.0 Å². The molecule has 5 saturated carbocycles. The van der Waals surface area contributed by atoms with E-state index in [4.69, 9.17) is 4.74 Å². The zero-order chi connectivity index (χ0) is 37.8. The van der Waals surface area contributed by atoms with Crippen molar-refractivity contribution in [3.63, 3.8) is 0 Å². The van der Waals surface area contributed by atoms with Gasteiger partial charge in [0, 0.05) is 36.4 Å². The maximum Gasteiger partial charge on any atom is 0.309 e. The molecule has 0 bridgehead atoms.